The number of hydrogen-bond acceptors (Lipinski definition) is 5. The van der Waals surface area contributed by atoms with Crippen molar-refractivity contribution < 1.29 is 23.6 Å². The summed E-state index contributed by atoms with van der Waals surface area (Å²) in [6.45, 7) is 19.2. The van der Waals surface area contributed by atoms with E-state index in [-0.39, 0.29) is 24.4 Å². The lowest BCUT2D eigenvalue weighted by molar-refractivity contribution is 0.00578. The number of carbonyl (C=O) groups is 1. The lowest BCUT2D eigenvalue weighted by atomic mass is 9.72. The Bertz CT molecular complexity index is 873. The van der Waals surface area contributed by atoms with Gasteiger partial charge in [0.05, 0.1) is 24.4 Å². The lowest BCUT2D eigenvalue weighted by Gasteiger charge is -2.38. The van der Waals surface area contributed by atoms with Crippen LogP contribution in [0.25, 0.3) is 0 Å². The predicted molar refractivity (Wildman–Crippen MR) is 130 cm³/mol. The molecule has 0 N–H and O–H groups in total. The van der Waals surface area contributed by atoms with Gasteiger partial charge in [0.15, 0.2) is 0 Å². The average molecular weight is 457 g/mol. The third-order valence-corrected chi connectivity index (χ3v) is 7.62. The highest BCUT2D eigenvalue weighted by atomic mass is 16.7. The molecular weight excluding hydrogens is 417 g/mol. The highest BCUT2D eigenvalue weighted by molar-refractivity contribution is 6.62. The fourth-order valence-electron chi connectivity index (χ4n) is 4.83. The zero-order chi connectivity index (χ0) is 24.2. The van der Waals surface area contributed by atoms with E-state index in [4.69, 9.17) is 18.8 Å². The van der Waals surface area contributed by atoms with Crippen LogP contribution in [0.1, 0.15) is 84.8 Å². The molecule has 2 unspecified atom stereocenters. The van der Waals surface area contributed by atoms with Crippen LogP contribution in [0.15, 0.2) is 18.2 Å². The molecule has 2 atom stereocenters. The molecule has 0 spiro atoms. The molecule has 0 bridgehead atoms. The Labute approximate surface area is 199 Å². The first-order valence-electron chi connectivity index (χ1n) is 12.3. The Hall–Kier alpha value is -1.57. The van der Waals surface area contributed by atoms with E-state index in [2.05, 4.69) is 52.8 Å². The highest BCUT2D eigenvalue weighted by Gasteiger charge is 2.52. The monoisotopic (exact) mass is 457 g/mol. The molecule has 0 aliphatic carbocycles. The van der Waals surface area contributed by atoms with Crippen LogP contribution >= 0.6 is 0 Å². The summed E-state index contributed by atoms with van der Waals surface area (Å²) >= 11 is 0. The minimum atomic E-state index is -0.478. The largest absolute Gasteiger partial charge is 0.494 e. The molecule has 3 fully saturated rings. The van der Waals surface area contributed by atoms with Gasteiger partial charge in [-0.1, -0.05) is 25.1 Å². The van der Waals surface area contributed by atoms with E-state index in [1.165, 1.54) is 11.1 Å². The van der Waals surface area contributed by atoms with E-state index < -0.39 is 5.60 Å². The second-order valence-corrected chi connectivity index (χ2v) is 12.1. The van der Waals surface area contributed by atoms with E-state index in [0.717, 1.165) is 25.1 Å². The van der Waals surface area contributed by atoms with Gasteiger partial charge in [-0.3, -0.25) is 0 Å². The van der Waals surface area contributed by atoms with Crippen molar-refractivity contribution in [2.24, 2.45) is 5.92 Å². The number of likely N-dealkylation sites (tertiary alicyclic amines) is 1. The van der Waals surface area contributed by atoms with Crippen LogP contribution in [-0.2, 0) is 18.8 Å². The summed E-state index contributed by atoms with van der Waals surface area (Å²) in [6.07, 6.45) is 0.694. The second-order valence-electron chi connectivity index (χ2n) is 12.1. The number of ether oxygens (including phenoxy) is 2. The van der Waals surface area contributed by atoms with Crippen molar-refractivity contribution in [3.63, 3.8) is 0 Å². The maximum absolute atomic E-state index is 12.6. The molecule has 0 aromatic heterocycles. The summed E-state index contributed by atoms with van der Waals surface area (Å²) in [5, 5.41) is 0. The second kappa shape index (κ2) is 8.58. The molecule has 0 radical (unpaired) electrons. The minimum absolute atomic E-state index is 0.217. The molecule has 1 amide bonds. The van der Waals surface area contributed by atoms with Gasteiger partial charge in [0.25, 0.3) is 0 Å². The van der Waals surface area contributed by atoms with Crippen LogP contribution in [0.4, 0.5) is 4.79 Å². The fourth-order valence-corrected chi connectivity index (χ4v) is 4.83. The molecule has 3 saturated heterocycles. The van der Waals surface area contributed by atoms with Crippen LogP contribution in [0.5, 0.6) is 0 Å². The summed E-state index contributed by atoms with van der Waals surface area (Å²) in [4.78, 5) is 14.5. The average Bonchev–Trinajstić information content (AvgIpc) is 2.86. The number of amides is 1. The first-order chi connectivity index (χ1) is 15.3. The maximum Gasteiger partial charge on any atom is 0.494 e. The van der Waals surface area contributed by atoms with Gasteiger partial charge < -0.3 is 23.7 Å². The Kier molecular flexibility index (Phi) is 6.39. The number of nitrogens with zero attached hydrogens (tertiary/aromatic N) is 1. The van der Waals surface area contributed by atoms with Crippen molar-refractivity contribution in [1.82, 2.24) is 4.90 Å². The topological polar surface area (TPSA) is 57.2 Å². The maximum atomic E-state index is 12.6. The van der Waals surface area contributed by atoms with E-state index in [9.17, 15) is 4.79 Å². The Morgan fingerprint density at radius 2 is 1.67 bits per heavy atom. The van der Waals surface area contributed by atoms with Crippen molar-refractivity contribution >= 4 is 18.7 Å². The van der Waals surface area contributed by atoms with Gasteiger partial charge in [0.2, 0.25) is 0 Å². The molecular formula is C26H40BNO5. The number of hydrogen-bond donors (Lipinski definition) is 0. The quantitative estimate of drug-likeness (QED) is 0.628. The van der Waals surface area contributed by atoms with Gasteiger partial charge >= 0.3 is 13.2 Å². The normalized spacial score (nSPS) is 27.4. The van der Waals surface area contributed by atoms with Gasteiger partial charge in [-0.05, 0) is 83.3 Å². The van der Waals surface area contributed by atoms with Crippen molar-refractivity contribution in [1.29, 1.82) is 0 Å². The summed E-state index contributed by atoms with van der Waals surface area (Å²) in [7, 11) is -0.383. The summed E-state index contributed by atoms with van der Waals surface area (Å²) < 4.78 is 23.8. The van der Waals surface area contributed by atoms with E-state index in [1.54, 1.807) is 0 Å². The highest BCUT2D eigenvalue weighted by Crippen LogP contribution is 2.39. The molecule has 3 heterocycles. The number of rotatable bonds is 3. The van der Waals surface area contributed by atoms with Crippen LogP contribution in [0.3, 0.4) is 0 Å². The standard InChI is InChI=1S/C26H40BNO5/c1-17-14-28(23(29)31-24(2,3)4)10-9-22(17)19-11-18(20-15-30-16-20)12-21(13-19)27-32-25(5,6)26(7,8)33-27/h11-13,17,20,22H,9-10,14-16H2,1-8H3. The molecule has 1 aromatic rings. The predicted octanol–water partition coefficient (Wildman–Crippen LogP) is 4.46. The molecule has 1 aromatic carbocycles. The molecule has 4 rings (SSSR count). The first kappa shape index (κ1) is 24.6. The summed E-state index contributed by atoms with van der Waals surface area (Å²) in [6, 6.07) is 6.83. The summed E-state index contributed by atoms with van der Waals surface area (Å²) in [5.41, 5.74) is 2.45. The number of carbonyl (C=O) groups excluding carboxylic acids is 1. The van der Waals surface area contributed by atoms with Crippen molar-refractivity contribution in [3.8, 4) is 0 Å². The van der Waals surface area contributed by atoms with E-state index >= 15 is 0 Å². The fraction of sp³-hybridized carbons (Fsp3) is 0.731. The molecule has 33 heavy (non-hydrogen) atoms. The third-order valence-electron chi connectivity index (χ3n) is 7.62. The molecule has 0 saturated carbocycles. The minimum Gasteiger partial charge on any atom is -0.444 e. The SMILES string of the molecule is CC1CN(C(=O)OC(C)(C)C)CCC1c1cc(B2OC(C)(C)C(C)(C)O2)cc(C2COC2)c1. The van der Waals surface area contributed by atoms with Crippen molar-refractivity contribution in [3.05, 3.63) is 29.3 Å². The third kappa shape index (κ3) is 5.10. The van der Waals surface area contributed by atoms with Gasteiger partial charge in [0.1, 0.15) is 5.60 Å². The van der Waals surface area contributed by atoms with Crippen molar-refractivity contribution in [2.75, 3.05) is 26.3 Å². The molecule has 182 valence electrons. The van der Waals surface area contributed by atoms with Gasteiger partial charge in [-0.2, -0.15) is 0 Å². The molecule has 3 aliphatic rings. The molecule has 3 aliphatic heterocycles. The van der Waals surface area contributed by atoms with Gasteiger partial charge in [-0.25, -0.2) is 4.79 Å². The first-order valence-corrected chi connectivity index (χ1v) is 12.3. The van der Waals surface area contributed by atoms with Crippen LogP contribution in [0.2, 0.25) is 0 Å². The molecule has 6 nitrogen and oxygen atoms in total. The molecule has 7 heteroatoms. The van der Waals surface area contributed by atoms with Crippen molar-refractivity contribution in [2.45, 2.75) is 90.4 Å². The smallest absolute Gasteiger partial charge is 0.444 e. The van der Waals surface area contributed by atoms with E-state index in [0.29, 0.717) is 30.8 Å². The Morgan fingerprint density at radius 1 is 1.06 bits per heavy atom. The number of benzene rings is 1. The Morgan fingerprint density at radius 3 is 2.18 bits per heavy atom. The zero-order valence-electron chi connectivity index (χ0n) is 21.6. The van der Waals surface area contributed by atoms with Gasteiger partial charge in [-0.15, -0.1) is 0 Å². The van der Waals surface area contributed by atoms with Crippen LogP contribution in [0, 0.1) is 5.92 Å². The van der Waals surface area contributed by atoms with Gasteiger partial charge in [0, 0.05) is 19.0 Å². The van der Waals surface area contributed by atoms with E-state index in [1.807, 2.05) is 25.7 Å². The number of piperidine rings is 1. The zero-order valence-corrected chi connectivity index (χ0v) is 21.6. The van der Waals surface area contributed by atoms with Crippen LogP contribution < -0.4 is 5.46 Å². The Balaban J connectivity index is 1.56. The summed E-state index contributed by atoms with van der Waals surface area (Å²) in [5.74, 6) is 1.11. The van der Waals surface area contributed by atoms with Crippen LogP contribution in [-0.4, -0.2) is 61.2 Å². The lowest BCUT2D eigenvalue weighted by Crippen LogP contribution is -2.44.